The fourth-order valence-electron chi connectivity index (χ4n) is 2.86. The molecule has 0 aliphatic heterocycles. The number of hydrogen-bond acceptors (Lipinski definition) is 4. The molecule has 33 heavy (non-hydrogen) atoms. The zero-order valence-electron chi connectivity index (χ0n) is 18.4. The zero-order chi connectivity index (χ0) is 24.6. The van der Waals surface area contributed by atoms with Crippen LogP contribution >= 0.6 is 0 Å². The number of amides is 1. The fourth-order valence-corrected chi connectivity index (χ4v) is 2.86. The summed E-state index contributed by atoms with van der Waals surface area (Å²) in [4.78, 5) is 30.3. The lowest BCUT2D eigenvalue weighted by atomic mass is 10.0. The lowest BCUT2D eigenvalue weighted by Gasteiger charge is -2.29. The van der Waals surface area contributed by atoms with E-state index in [2.05, 4.69) is 32.0 Å². The van der Waals surface area contributed by atoms with Gasteiger partial charge in [0.25, 0.3) is 5.91 Å². The van der Waals surface area contributed by atoms with Crippen molar-refractivity contribution in [2.75, 3.05) is 13.1 Å². The van der Waals surface area contributed by atoms with Crippen molar-refractivity contribution in [1.82, 2.24) is 20.2 Å². The first-order chi connectivity index (χ1) is 15.6. The quantitative estimate of drug-likeness (QED) is 0.377. The Labute approximate surface area is 189 Å². The molecular weight excluding hydrogens is 440 g/mol. The molecule has 0 unspecified atom stereocenters. The van der Waals surface area contributed by atoms with Crippen LogP contribution in [0, 0.1) is 5.82 Å². The molecule has 1 heterocycles. The highest BCUT2D eigenvalue weighted by atomic mass is 19.4. The summed E-state index contributed by atoms with van der Waals surface area (Å²) < 4.78 is 51.8. The second kappa shape index (κ2) is 11.3. The molecule has 1 atom stereocenters. The van der Waals surface area contributed by atoms with Crippen molar-refractivity contribution in [2.45, 2.75) is 33.0 Å². The molecule has 0 spiro atoms. The molecule has 0 radical (unpaired) electrons. The summed E-state index contributed by atoms with van der Waals surface area (Å²) in [5, 5.41) is 2.78. The minimum atomic E-state index is -4.50. The molecule has 0 aliphatic rings. The highest BCUT2D eigenvalue weighted by Crippen LogP contribution is 2.25. The van der Waals surface area contributed by atoms with Crippen molar-refractivity contribution < 1.29 is 22.4 Å². The molecule has 1 aromatic heterocycles. The second-order valence-corrected chi connectivity index (χ2v) is 7.00. The van der Waals surface area contributed by atoms with Crippen LogP contribution in [0.5, 0.6) is 0 Å². The summed E-state index contributed by atoms with van der Waals surface area (Å²) in [6.45, 7) is 8.15. The van der Waals surface area contributed by atoms with E-state index in [-0.39, 0.29) is 35.4 Å². The molecule has 1 amide bonds. The van der Waals surface area contributed by atoms with Gasteiger partial charge in [-0.3, -0.25) is 4.79 Å². The van der Waals surface area contributed by atoms with Crippen molar-refractivity contribution in [3.8, 4) is 11.4 Å². The van der Waals surface area contributed by atoms with E-state index in [9.17, 15) is 22.4 Å². The lowest BCUT2D eigenvalue weighted by molar-refractivity contribution is -0.0914. The maximum Gasteiger partial charge on any atom is 0.413 e. The van der Waals surface area contributed by atoms with Gasteiger partial charge < -0.3 is 10.2 Å². The Morgan fingerprint density at radius 2 is 1.97 bits per heavy atom. The summed E-state index contributed by atoms with van der Waals surface area (Å²) in [5.74, 6) is -0.826. The lowest BCUT2D eigenvalue weighted by Crippen LogP contribution is -2.45. The Hall–Kier alpha value is -3.63. The molecule has 0 aliphatic carbocycles. The van der Waals surface area contributed by atoms with Crippen LogP contribution in [0.2, 0.25) is 0 Å². The monoisotopic (exact) mass is 464 g/mol. The molecule has 176 valence electrons. The largest absolute Gasteiger partial charge is 0.413 e. The van der Waals surface area contributed by atoms with Gasteiger partial charge in [-0.2, -0.15) is 13.2 Å². The number of aromatic nitrogens is 2. The van der Waals surface area contributed by atoms with Gasteiger partial charge in [0.15, 0.2) is 5.82 Å². The fraction of sp³-hybridized carbons (Fsp3) is 0.318. The van der Waals surface area contributed by atoms with Gasteiger partial charge in [0.05, 0.1) is 5.56 Å². The molecule has 1 aromatic carbocycles. The maximum absolute atomic E-state index is 13.9. The van der Waals surface area contributed by atoms with E-state index >= 15 is 0 Å². The van der Waals surface area contributed by atoms with Gasteiger partial charge in [0, 0.05) is 48.9 Å². The minimum absolute atomic E-state index is 0.117. The number of allylic oxidation sites excluding steroid dienone is 1. The predicted molar refractivity (Wildman–Crippen MR) is 118 cm³/mol. The van der Waals surface area contributed by atoms with Crippen molar-refractivity contribution in [3.63, 3.8) is 0 Å². The number of nitrogens with one attached hydrogen (secondary N) is 1. The Kier molecular flexibility index (Phi) is 8.78. The third-order valence-electron chi connectivity index (χ3n) is 4.69. The Balaban J connectivity index is 2.22. The molecule has 2 rings (SSSR count). The van der Waals surface area contributed by atoms with E-state index in [0.29, 0.717) is 12.7 Å². The highest BCUT2D eigenvalue weighted by molar-refractivity contribution is 6.00. The van der Waals surface area contributed by atoms with Crippen molar-refractivity contribution in [1.29, 1.82) is 0 Å². The summed E-state index contributed by atoms with van der Waals surface area (Å²) in [7, 11) is 0. The molecule has 0 saturated heterocycles. The number of halogens is 4. The molecule has 7 nitrogen and oxygen atoms in total. The highest BCUT2D eigenvalue weighted by Gasteiger charge is 2.30. The summed E-state index contributed by atoms with van der Waals surface area (Å²) in [6.07, 6.45) is -0.869. The minimum Gasteiger partial charge on any atom is -0.352 e. The zero-order valence-corrected chi connectivity index (χ0v) is 18.4. The van der Waals surface area contributed by atoms with Crippen molar-refractivity contribution in [3.05, 3.63) is 59.8 Å². The number of likely N-dealkylation sites (N-methyl/N-ethyl adjacent to an activating group) is 1. The summed E-state index contributed by atoms with van der Waals surface area (Å²) >= 11 is 0. The molecular formula is C22H24F4N6O. The molecule has 1 N–H and O–H groups in total. The topological polar surface area (TPSA) is 82.8 Å². The van der Waals surface area contributed by atoms with Crippen molar-refractivity contribution in [2.24, 2.45) is 9.98 Å². The van der Waals surface area contributed by atoms with Gasteiger partial charge in [-0.1, -0.05) is 0 Å². The smallest absolute Gasteiger partial charge is 0.352 e. The van der Waals surface area contributed by atoms with Crippen LogP contribution in [-0.2, 0) is 0 Å². The average Bonchev–Trinajstić information content (AvgIpc) is 2.79. The Morgan fingerprint density at radius 1 is 1.30 bits per heavy atom. The van der Waals surface area contributed by atoms with Gasteiger partial charge in [0.2, 0.25) is 5.96 Å². The van der Waals surface area contributed by atoms with Crippen LogP contribution in [0.1, 0.15) is 31.1 Å². The third kappa shape index (κ3) is 6.93. The number of benzene rings is 1. The second-order valence-electron chi connectivity index (χ2n) is 7.00. The Bertz CT molecular complexity index is 1040. The van der Waals surface area contributed by atoms with E-state index in [0.717, 1.165) is 6.92 Å². The van der Waals surface area contributed by atoms with Gasteiger partial charge in [0.1, 0.15) is 5.82 Å². The first kappa shape index (κ1) is 25.6. The van der Waals surface area contributed by atoms with Crippen LogP contribution in [0.4, 0.5) is 17.6 Å². The van der Waals surface area contributed by atoms with E-state index in [1.165, 1.54) is 35.5 Å². The van der Waals surface area contributed by atoms with Gasteiger partial charge in [-0.05, 0) is 51.8 Å². The van der Waals surface area contributed by atoms with Crippen LogP contribution in [-0.4, -0.2) is 58.8 Å². The van der Waals surface area contributed by atoms with E-state index < -0.39 is 23.6 Å². The SMILES string of the molecule is C=N/C(=N\C=C(/C)C(F)(F)F)NC[C@H](C)N(CC)C(=O)c1ccc(F)cc1-c1ncccn1. The van der Waals surface area contributed by atoms with Gasteiger partial charge in [-0.15, -0.1) is 0 Å². The number of hydrogen-bond donors (Lipinski definition) is 1. The first-order valence-corrected chi connectivity index (χ1v) is 9.98. The molecule has 11 heteroatoms. The first-order valence-electron chi connectivity index (χ1n) is 9.98. The number of carbonyl (C=O) groups excluding carboxylic acids is 1. The van der Waals surface area contributed by atoms with E-state index in [1.807, 2.05) is 0 Å². The van der Waals surface area contributed by atoms with E-state index in [1.54, 1.807) is 19.9 Å². The number of aliphatic imine (C=N–C) groups is 2. The molecule has 2 aromatic rings. The summed E-state index contributed by atoms with van der Waals surface area (Å²) in [6, 6.07) is 4.93. The van der Waals surface area contributed by atoms with Crippen LogP contribution in [0.3, 0.4) is 0 Å². The van der Waals surface area contributed by atoms with Crippen molar-refractivity contribution >= 4 is 18.6 Å². The summed E-state index contributed by atoms with van der Waals surface area (Å²) in [5.41, 5.74) is -0.423. The predicted octanol–water partition coefficient (Wildman–Crippen LogP) is 4.25. The number of rotatable bonds is 7. The standard InChI is InChI=1S/C22H24F4N6O/c1-5-32(15(3)13-31-21(27-4)30-12-14(2)22(24,25)26)20(33)17-8-7-16(23)11-18(17)19-28-9-6-10-29-19/h6-12,15H,4-5,13H2,1-3H3,(H,30,31)/b14-12+/t15-/m0/s1. The normalized spacial score (nSPS) is 13.4. The number of alkyl halides is 3. The van der Waals surface area contributed by atoms with Crippen LogP contribution in [0.25, 0.3) is 11.4 Å². The molecule has 0 saturated carbocycles. The van der Waals surface area contributed by atoms with Gasteiger partial charge >= 0.3 is 6.18 Å². The van der Waals surface area contributed by atoms with Gasteiger partial charge in [-0.25, -0.2) is 24.3 Å². The van der Waals surface area contributed by atoms with Crippen LogP contribution in [0.15, 0.2) is 58.4 Å². The van der Waals surface area contributed by atoms with Crippen LogP contribution < -0.4 is 5.32 Å². The van der Waals surface area contributed by atoms with E-state index in [4.69, 9.17) is 0 Å². The number of nitrogens with zero attached hydrogens (tertiary/aromatic N) is 5. The molecule has 0 fully saturated rings. The Morgan fingerprint density at radius 3 is 2.55 bits per heavy atom. The number of carbonyl (C=O) groups is 1. The molecule has 0 bridgehead atoms. The number of guanidine groups is 1. The average molecular weight is 464 g/mol. The third-order valence-corrected chi connectivity index (χ3v) is 4.69. The maximum atomic E-state index is 13.9.